The van der Waals surface area contributed by atoms with Crippen molar-refractivity contribution in [2.24, 2.45) is 0 Å². The molecule has 118 valence electrons. The molecule has 0 aliphatic heterocycles. The Balaban J connectivity index is 2.47. The first-order valence-corrected chi connectivity index (χ1v) is 8.83. The van der Waals surface area contributed by atoms with Gasteiger partial charge in [-0.15, -0.1) is 0 Å². The summed E-state index contributed by atoms with van der Waals surface area (Å²) in [5.74, 6) is 0. The van der Waals surface area contributed by atoms with Gasteiger partial charge in [0.2, 0.25) is 0 Å². The minimum Gasteiger partial charge on any atom is -0.0991 e. The maximum absolute atomic E-state index is 4.34. The maximum atomic E-state index is 4.34. The molecule has 2 rings (SSSR count). The van der Waals surface area contributed by atoms with Gasteiger partial charge in [0.05, 0.1) is 0 Å². The summed E-state index contributed by atoms with van der Waals surface area (Å²) < 4.78 is 1.24. The normalized spacial score (nSPS) is 19.0. The number of benzene rings is 1. The van der Waals surface area contributed by atoms with Crippen LogP contribution in [0.3, 0.4) is 0 Å². The zero-order chi connectivity index (χ0) is 17.0. The highest BCUT2D eigenvalue weighted by Crippen LogP contribution is 2.49. The Morgan fingerprint density at radius 3 is 2.57 bits per heavy atom. The lowest BCUT2D eigenvalue weighted by atomic mass is 9.81. The van der Waals surface area contributed by atoms with Crippen molar-refractivity contribution in [3.63, 3.8) is 0 Å². The van der Waals surface area contributed by atoms with Gasteiger partial charge in [0.15, 0.2) is 0 Å². The Morgan fingerprint density at radius 1 is 1.17 bits per heavy atom. The van der Waals surface area contributed by atoms with Crippen LogP contribution in [0, 0.1) is 0 Å². The van der Waals surface area contributed by atoms with Crippen LogP contribution in [0.25, 0.3) is 11.6 Å². The third-order valence-electron chi connectivity index (χ3n) is 4.25. The lowest BCUT2D eigenvalue weighted by Gasteiger charge is -2.22. The molecule has 1 heteroatoms. The number of hydrogen-bond acceptors (Lipinski definition) is 0. The number of allylic oxidation sites excluding steroid dienone is 9. The van der Waals surface area contributed by atoms with E-state index in [-0.39, 0.29) is 5.41 Å². The molecule has 0 N–H and O–H groups in total. The lowest BCUT2D eigenvalue weighted by molar-refractivity contribution is 0.660. The van der Waals surface area contributed by atoms with Crippen LogP contribution in [0.5, 0.6) is 0 Å². The van der Waals surface area contributed by atoms with Gasteiger partial charge in [-0.05, 0) is 63.4 Å². The summed E-state index contributed by atoms with van der Waals surface area (Å²) in [6, 6.07) is 6.63. The molecule has 0 spiro atoms. The molecule has 0 nitrogen and oxygen atoms in total. The topological polar surface area (TPSA) is 0 Å². The first-order valence-electron chi connectivity index (χ1n) is 7.75. The van der Waals surface area contributed by atoms with E-state index in [1.54, 1.807) is 6.08 Å². The fourth-order valence-electron chi connectivity index (χ4n) is 2.91. The van der Waals surface area contributed by atoms with Crippen molar-refractivity contribution in [3.8, 4) is 0 Å². The summed E-state index contributed by atoms with van der Waals surface area (Å²) >= 11 is 2.37. The predicted octanol–water partition coefficient (Wildman–Crippen LogP) is 7.01. The molecule has 1 aromatic carbocycles. The largest absolute Gasteiger partial charge is 0.0991 e. The SMILES string of the molecule is C=C/C=C\C=C\c1ccc2c(c1)C(C)(C)/C(=C/C(I)=C\C)C2=C. The third-order valence-corrected chi connectivity index (χ3v) is 5.18. The van der Waals surface area contributed by atoms with Crippen LogP contribution in [0.2, 0.25) is 0 Å². The highest BCUT2D eigenvalue weighted by atomic mass is 127. The maximum Gasteiger partial charge on any atom is 0.0159 e. The van der Waals surface area contributed by atoms with Crippen molar-refractivity contribution < 1.29 is 0 Å². The summed E-state index contributed by atoms with van der Waals surface area (Å²) in [4.78, 5) is 0. The van der Waals surface area contributed by atoms with Crippen LogP contribution in [0.4, 0.5) is 0 Å². The van der Waals surface area contributed by atoms with Crippen LogP contribution in [0.1, 0.15) is 37.5 Å². The molecular formula is C22H23I. The molecule has 0 radical (unpaired) electrons. The van der Waals surface area contributed by atoms with Gasteiger partial charge in [0.25, 0.3) is 0 Å². The summed E-state index contributed by atoms with van der Waals surface area (Å²) in [7, 11) is 0. The fourth-order valence-corrected chi connectivity index (χ4v) is 3.22. The highest BCUT2D eigenvalue weighted by Gasteiger charge is 2.37. The van der Waals surface area contributed by atoms with E-state index in [9.17, 15) is 0 Å². The van der Waals surface area contributed by atoms with E-state index < -0.39 is 0 Å². The highest BCUT2D eigenvalue weighted by molar-refractivity contribution is 14.1. The molecule has 0 bridgehead atoms. The van der Waals surface area contributed by atoms with Crippen LogP contribution < -0.4 is 0 Å². The van der Waals surface area contributed by atoms with Gasteiger partial charge < -0.3 is 0 Å². The molecule has 0 fully saturated rings. The average Bonchev–Trinajstić information content (AvgIpc) is 2.72. The standard InChI is InChI=1S/C22H23I/c1-6-8-9-10-11-17-12-13-19-16(3)20(15-18(23)7-2)22(4,5)21(19)14-17/h6-15H,1,3H2,2,4-5H3/b9-8-,11-10+,18-7+,20-15+. The van der Waals surface area contributed by atoms with Gasteiger partial charge in [-0.1, -0.05) is 81.7 Å². The van der Waals surface area contributed by atoms with E-state index in [2.05, 4.69) is 92.9 Å². The summed E-state index contributed by atoms with van der Waals surface area (Å²) in [6.07, 6.45) is 14.2. The van der Waals surface area contributed by atoms with E-state index in [0.717, 1.165) is 5.57 Å². The monoisotopic (exact) mass is 414 g/mol. The second-order valence-corrected chi connectivity index (χ2v) is 7.37. The van der Waals surface area contributed by atoms with Crippen molar-refractivity contribution in [1.82, 2.24) is 0 Å². The first kappa shape index (κ1) is 17.7. The Labute approximate surface area is 153 Å². The molecule has 0 saturated heterocycles. The van der Waals surface area contributed by atoms with E-state index in [1.807, 2.05) is 18.2 Å². The average molecular weight is 414 g/mol. The van der Waals surface area contributed by atoms with E-state index in [4.69, 9.17) is 0 Å². The second-order valence-electron chi connectivity index (χ2n) is 6.12. The molecule has 1 aliphatic rings. The Kier molecular flexibility index (Phi) is 5.64. The zero-order valence-corrected chi connectivity index (χ0v) is 16.2. The number of fused-ring (bicyclic) bond motifs is 1. The first-order chi connectivity index (χ1) is 10.9. The minimum atomic E-state index is -0.0212. The molecule has 1 aromatic rings. The van der Waals surface area contributed by atoms with Gasteiger partial charge in [0, 0.05) is 8.99 Å². The van der Waals surface area contributed by atoms with Gasteiger partial charge in [-0.3, -0.25) is 0 Å². The number of rotatable bonds is 4. The molecule has 0 amide bonds. The van der Waals surface area contributed by atoms with Crippen molar-refractivity contribution in [1.29, 1.82) is 0 Å². The van der Waals surface area contributed by atoms with Crippen LogP contribution in [-0.4, -0.2) is 0 Å². The third kappa shape index (κ3) is 3.66. The number of hydrogen-bond donors (Lipinski definition) is 0. The van der Waals surface area contributed by atoms with E-state index >= 15 is 0 Å². The van der Waals surface area contributed by atoms with Crippen LogP contribution in [-0.2, 0) is 5.41 Å². The Bertz CT molecular complexity index is 752. The van der Waals surface area contributed by atoms with Gasteiger partial charge in [0.1, 0.15) is 0 Å². The minimum absolute atomic E-state index is 0.0212. The molecule has 0 heterocycles. The van der Waals surface area contributed by atoms with Gasteiger partial charge in [-0.2, -0.15) is 0 Å². The van der Waals surface area contributed by atoms with E-state index in [0.29, 0.717) is 0 Å². The van der Waals surface area contributed by atoms with Crippen LogP contribution in [0.15, 0.2) is 77.0 Å². The molecule has 0 aromatic heterocycles. The second kappa shape index (κ2) is 7.31. The zero-order valence-electron chi connectivity index (χ0n) is 14.1. The molecule has 23 heavy (non-hydrogen) atoms. The summed E-state index contributed by atoms with van der Waals surface area (Å²) in [5, 5.41) is 0. The smallest absolute Gasteiger partial charge is 0.0159 e. The van der Waals surface area contributed by atoms with Crippen molar-refractivity contribution in [3.05, 3.63) is 93.7 Å². The van der Waals surface area contributed by atoms with Crippen molar-refractivity contribution in [2.75, 3.05) is 0 Å². The Morgan fingerprint density at radius 2 is 1.91 bits per heavy atom. The Hall–Kier alpha value is -1.61. The number of halogens is 1. The van der Waals surface area contributed by atoms with Crippen molar-refractivity contribution in [2.45, 2.75) is 26.2 Å². The molecule has 0 unspecified atom stereocenters. The predicted molar refractivity (Wildman–Crippen MR) is 113 cm³/mol. The van der Waals surface area contributed by atoms with E-state index in [1.165, 1.54) is 25.8 Å². The summed E-state index contributed by atoms with van der Waals surface area (Å²) in [6.45, 7) is 14.6. The van der Waals surface area contributed by atoms with Gasteiger partial charge in [-0.25, -0.2) is 0 Å². The van der Waals surface area contributed by atoms with Crippen LogP contribution >= 0.6 is 22.6 Å². The summed E-state index contributed by atoms with van der Waals surface area (Å²) in [5.41, 5.74) is 6.25. The molecule has 0 atom stereocenters. The van der Waals surface area contributed by atoms with Gasteiger partial charge >= 0.3 is 0 Å². The fraction of sp³-hybridized carbons (Fsp3) is 0.182. The quantitative estimate of drug-likeness (QED) is 0.367. The molecule has 1 aliphatic carbocycles. The molecular weight excluding hydrogens is 391 g/mol. The lowest BCUT2D eigenvalue weighted by Crippen LogP contribution is -2.15. The molecule has 0 saturated carbocycles. The van der Waals surface area contributed by atoms with Crippen molar-refractivity contribution >= 4 is 34.2 Å².